The van der Waals surface area contributed by atoms with Gasteiger partial charge in [0.05, 0.1) is 0 Å². The monoisotopic (exact) mass is 356 g/mol. The summed E-state index contributed by atoms with van der Waals surface area (Å²) >= 11 is 0. The highest BCUT2D eigenvalue weighted by Gasteiger charge is 2.59. The van der Waals surface area contributed by atoms with Crippen LogP contribution < -0.4 is 0 Å². The Bertz CT molecular complexity index is 530. The lowest BCUT2D eigenvalue weighted by Gasteiger charge is -2.60. The highest BCUT2D eigenvalue weighted by atomic mass is 14.6. The zero-order valence-electron chi connectivity index (χ0n) is 18.3. The van der Waals surface area contributed by atoms with Gasteiger partial charge < -0.3 is 0 Å². The van der Waals surface area contributed by atoms with Gasteiger partial charge in [0.2, 0.25) is 0 Å². The van der Waals surface area contributed by atoms with Crippen molar-refractivity contribution < 1.29 is 0 Å². The van der Waals surface area contributed by atoms with E-state index in [-0.39, 0.29) is 0 Å². The van der Waals surface area contributed by atoms with E-state index in [9.17, 15) is 0 Å². The lowest BCUT2D eigenvalue weighted by Crippen LogP contribution is -2.52. The summed E-state index contributed by atoms with van der Waals surface area (Å²) in [5, 5.41) is 0. The molecule has 0 bridgehead atoms. The quantitative estimate of drug-likeness (QED) is 0.449. The molecule has 0 aliphatic heterocycles. The van der Waals surface area contributed by atoms with Crippen molar-refractivity contribution >= 4 is 0 Å². The Kier molecular flexibility index (Phi) is 5.11. The minimum Gasteiger partial charge on any atom is -0.0882 e. The molecule has 4 aliphatic carbocycles. The Morgan fingerprint density at radius 2 is 1.62 bits per heavy atom. The van der Waals surface area contributed by atoms with Crippen LogP contribution >= 0.6 is 0 Å². The number of allylic oxidation sites excluding steroid dienone is 2. The average Bonchev–Trinajstić information content (AvgIpc) is 2.96. The van der Waals surface area contributed by atoms with Crippen LogP contribution in [0, 0.1) is 52.3 Å². The van der Waals surface area contributed by atoms with Crippen molar-refractivity contribution in [3.8, 4) is 0 Å². The summed E-state index contributed by atoms with van der Waals surface area (Å²) in [6.45, 7) is 12.8. The molecule has 3 saturated carbocycles. The SMILES string of the molecule is CC(C)CCC(C)C1CCC2C3CCC4C=CCCC4(C)C3CCC12C. The fourth-order valence-electron chi connectivity index (χ4n) is 8.60. The molecule has 0 aromatic carbocycles. The molecular weight excluding hydrogens is 312 g/mol. The zero-order valence-corrected chi connectivity index (χ0v) is 18.3. The largest absolute Gasteiger partial charge is 0.0882 e. The number of rotatable bonds is 4. The summed E-state index contributed by atoms with van der Waals surface area (Å²) in [4.78, 5) is 0. The van der Waals surface area contributed by atoms with E-state index in [0.29, 0.717) is 10.8 Å². The van der Waals surface area contributed by atoms with Crippen molar-refractivity contribution in [3.63, 3.8) is 0 Å². The van der Waals surface area contributed by atoms with Crippen LogP contribution in [-0.4, -0.2) is 0 Å². The van der Waals surface area contributed by atoms with Crippen LogP contribution in [0.4, 0.5) is 0 Å². The highest BCUT2D eigenvalue weighted by Crippen LogP contribution is 2.67. The van der Waals surface area contributed by atoms with Gasteiger partial charge in [-0.05, 0) is 104 Å². The maximum atomic E-state index is 2.73. The zero-order chi connectivity index (χ0) is 18.5. The summed E-state index contributed by atoms with van der Waals surface area (Å²) in [7, 11) is 0. The molecule has 0 aromatic rings. The third-order valence-corrected chi connectivity index (χ3v) is 10.1. The average molecular weight is 357 g/mol. The first kappa shape index (κ1) is 19.1. The number of fused-ring (bicyclic) bond motifs is 5. The normalized spacial score (nSPS) is 48.8. The molecule has 0 spiro atoms. The second kappa shape index (κ2) is 6.97. The Hall–Kier alpha value is -0.260. The van der Waals surface area contributed by atoms with Crippen LogP contribution in [0.2, 0.25) is 0 Å². The highest BCUT2D eigenvalue weighted by molar-refractivity contribution is 5.13. The van der Waals surface area contributed by atoms with Crippen LogP contribution in [-0.2, 0) is 0 Å². The van der Waals surface area contributed by atoms with Gasteiger partial charge in [0.15, 0.2) is 0 Å². The number of hydrogen-bond acceptors (Lipinski definition) is 0. The van der Waals surface area contributed by atoms with Crippen molar-refractivity contribution in [1.29, 1.82) is 0 Å². The van der Waals surface area contributed by atoms with Gasteiger partial charge in [-0.2, -0.15) is 0 Å². The van der Waals surface area contributed by atoms with Gasteiger partial charge in [-0.15, -0.1) is 0 Å². The summed E-state index contributed by atoms with van der Waals surface area (Å²) in [5.74, 6) is 6.81. The minimum absolute atomic E-state index is 0.625. The topological polar surface area (TPSA) is 0 Å². The van der Waals surface area contributed by atoms with Gasteiger partial charge in [-0.1, -0.05) is 59.6 Å². The molecular formula is C26H44. The van der Waals surface area contributed by atoms with Gasteiger partial charge in [-0.25, -0.2) is 0 Å². The van der Waals surface area contributed by atoms with Gasteiger partial charge in [0.25, 0.3) is 0 Å². The van der Waals surface area contributed by atoms with Crippen molar-refractivity contribution in [2.24, 2.45) is 52.3 Å². The van der Waals surface area contributed by atoms with E-state index < -0.39 is 0 Å². The molecule has 0 amide bonds. The van der Waals surface area contributed by atoms with Gasteiger partial charge in [-0.3, -0.25) is 0 Å². The molecule has 8 atom stereocenters. The van der Waals surface area contributed by atoms with Crippen LogP contribution in [0.5, 0.6) is 0 Å². The smallest absolute Gasteiger partial charge is 0.0177 e. The van der Waals surface area contributed by atoms with E-state index in [2.05, 4.69) is 46.8 Å². The van der Waals surface area contributed by atoms with E-state index in [1.54, 1.807) is 6.42 Å². The molecule has 8 unspecified atom stereocenters. The van der Waals surface area contributed by atoms with Crippen molar-refractivity contribution in [2.45, 2.75) is 98.8 Å². The molecule has 0 heteroatoms. The summed E-state index contributed by atoms with van der Waals surface area (Å²) in [6, 6.07) is 0. The molecule has 3 fully saturated rings. The van der Waals surface area contributed by atoms with Crippen LogP contribution in [0.3, 0.4) is 0 Å². The molecule has 0 aromatic heterocycles. The number of hydrogen-bond donors (Lipinski definition) is 0. The van der Waals surface area contributed by atoms with E-state index in [0.717, 1.165) is 41.4 Å². The predicted molar refractivity (Wildman–Crippen MR) is 113 cm³/mol. The van der Waals surface area contributed by atoms with Crippen LogP contribution in [0.1, 0.15) is 98.8 Å². The van der Waals surface area contributed by atoms with Crippen molar-refractivity contribution in [1.82, 2.24) is 0 Å². The predicted octanol–water partition coefficient (Wildman–Crippen LogP) is 7.88. The molecule has 4 aliphatic rings. The molecule has 0 nitrogen and oxygen atoms in total. The Morgan fingerprint density at radius 1 is 0.846 bits per heavy atom. The maximum Gasteiger partial charge on any atom is -0.0177 e. The van der Waals surface area contributed by atoms with Crippen LogP contribution in [0.25, 0.3) is 0 Å². The molecule has 26 heavy (non-hydrogen) atoms. The van der Waals surface area contributed by atoms with E-state index in [1.807, 2.05) is 0 Å². The van der Waals surface area contributed by atoms with E-state index in [4.69, 9.17) is 0 Å². The van der Waals surface area contributed by atoms with Crippen LogP contribution in [0.15, 0.2) is 12.2 Å². The maximum absolute atomic E-state index is 2.73. The molecule has 0 radical (unpaired) electrons. The van der Waals surface area contributed by atoms with Gasteiger partial charge >= 0.3 is 0 Å². The molecule has 148 valence electrons. The summed E-state index contributed by atoms with van der Waals surface area (Å²) < 4.78 is 0. The summed E-state index contributed by atoms with van der Waals surface area (Å²) in [5.41, 5.74) is 1.28. The Balaban J connectivity index is 1.52. The van der Waals surface area contributed by atoms with Gasteiger partial charge in [0.1, 0.15) is 0 Å². The Labute approximate surface area is 163 Å². The molecule has 0 heterocycles. The lowest BCUT2D eigenvalue weighted by molar-refractivity contribution is -0.0956. The second-order valence-electron chi connectivity index (χ2n) is 11.7. The van der Waals surface area contributed by atoms with E-state index in [1.165, 1.54) is 57.8 Å². The lowest BCUT2D eigenvalue weighted by atomic mass is 9.45. The van der Waals surface area contributed by atoms with Gasteiger partial charge in [0, 0.05) is 0 Å². The molecule has 0 N–H and O–H groups in total. The third kappa shape index (κ3) is 2.93. The molecule has 0 saturated heterocycles. The molecule has 4 rings (SSSR count). The minimum atomic E-state index is 0.625. The second-order valence-corrected chi connectivity index (χ2v) is 11.7. The first-order chi connectivity index (χ1) is 12.4. The third-order valence-electron chi connectivity index (χ3n) is 10.1. The fraction of sp³-hybridized carbons (Fsp3) is 0.923. The van der Waals surface area contributed by atoms with E-state index >= 15 is 0 Å². The standard InChI is InChI=1S/C26H44/c1-18(2)9-10-19(3)22-13-14-23-21-12-11-20-8-6-7-16-25(20,4)24(21)15-17-26(22,23)5/h6,8,18-24H,7,9-17H2,1-5H3. The first-order valence-corrected chi connectivity index (χ1v) is 12.0. The van der Waals surface area contributed by atoms with Crippen molar-refractivity contribution in [3.05, 3.63) is 12.2 Å². The Morgan fingerprint density at radius 3 is 2.38 bits per heavy atom. The fourth-order valence-corrected chi connectivity index (χ4v) is 8.60. The summed E-state index contributed by atoms with van der Waals surface area (Å²) in [6.07, 6.45) is 19.9. The van der Waals surface area contributed by atoms with Crippen molar-refractivity contribution in [2.75, 3.05) is 0 Å². The first-order valence-electron chi connectivity index (χ1n) is 12.0.